The minimum atomic E-state index is -0.589. The zero-order valence-corrected chi connectivity index (χ0v) is 19.7. The molecule has 1 saturated carbocycles. The maximum Gasteiger partial charge on any atom is 0.327 e. The van der Waals surface area contributed by atoms with Gasteiger partial charge < -0.3 is 4.74 Å². The fourth-order valence-corrected chi connectivity index (χ4v) is 4.47. The number of ketones is 1. The van der Waals surface area contributed by atoms with E-state index in [1.165, 1.54) is 6.07 Å². The largest absolute Gasteiger partial charge is 0.464 e. The summed E-state index contributed by atoms with van der Waals surface area (Å²) in [5, 5.41) is 4.49. The molecule has 33 heavy (non-hydrogen) atoms. The number of piperidine rings is 1. The summed E-state index contributed by atoms with van der Waals surface area (Å²) in [5.41, 5.74) is 2.18. The van der Waals surface area contributed by atoms with Crippen molar-refractivity contribution in [2.24, 2.45) is 5.92 Å². The highest BCUT2D eigenvalue weighted by molar-refractivity contribution is 7.81. The Labute approximate surface area is 199 Å². The van der Waals surface area contributed by atoms with Gasteiger partial charge in [-0.15, -0.1) is 0 Å². The number of ether oxygens (including phenoxy) is 1. The number of Topliss-reactive ketones (excluding diaryl/α,β-unsaturated/α-hetero) is 1. The summed E-state index contributed by atoms with van der Waals surface area (Å²) < 4.78 is 21.4. The second-order valence-electron chi connectivity index (χ2n) is 8.75. The third-order valence-electron chi connectivity index (χ3n) is 6.07. The predicted molar refractivity (Wildman–Crippen MR) is 127 cm³/mol. The van der Waals surface area contributed by atoms with E-state index < -0.39 is 6.04 Å². The number of rotatable bonds is 9. The Morgan fingerprint density at radius 1 is 1.27 bits per heavy atom. The molecule has 2 aromatic rings. The molecule has 0 N–H and O–H groups in total. The Hall–Kier alpha value is -2.45. The molecule has 2 atom stereocenters. The average molecular weight is 472 g/mol. The molecule has 2 heterocycles. The van der Waals surface area contributed by atoms with Crippen LogP contribution in [-0.4, -0.2) is 51.4 Å². The molecule has 0 radical (unpaired) electrons. The van der Waals surface area contributed by atoms with Crippen LogP contribution in [-0.2, 0) is 20.9 Å². The number of hydrogen-bond donors (Lipinski definition) is 1. The number of thiol groups is 1. The van der Waals surface area contributed by atoms with Crippen molar-refractivity contribution in [1.82, 2.24) is 14.7 Å². The quantitative estimate of drug-likeness (QED) is 0.441. The van der Waals surface area contributed by atoms with Crippen molar-refractivity contribution in [3.63, 3.8) is 0 Å². The van der Waals surface area contributed by atoms with Crippen LogP contribution in [0.2, 0.25) is 0 Å². The lowest BCUT2D eigenvalue weighted by atomic mass is 9.93. The van der Waals surface area contributed by atoms with E-state index in [0.29, 0.717) is 31.0 Å². The van der Waals surface area contributed by atoms with Crippen LogP contribution in [0.3, 0.4) is 0 Å². The zero-order valence-electron chi connectivity index (χ0n) is 18.8. The molecule has 2 aliphatic rings. The predicted octanol–water partition coefficient (Wildman–Crippen LogP) is 4.08. The number of esters is 1. The second kappa shape index (κ2) is 10.7. The van der Waals surface area contributed by atoms with Crippen molar-refractivity contribution in [2.75, 3.05) is 19.7 Å². The summed E-state index contributed by atoms with van der Waals surface area (Å²) in [7, 11) is 0. The Bertz CT molecular complexity index is 1030. The molecule has 4 rings (SSSR count). The second-order valence-corrected chi connectivity index (χ2v) is 9.38. The first-order chi connectivity index (χ1) is 16.0. The van der Waals surface area contributed by atoms with Gasteiger partial charge in [0.05, 0.1) is 18.3 Å². The lowest BCUT2D eigenvalue weighted by Gasteiger charge is -2.37. The Morgan fingerprint density at radius 2 is 2.06 bits per heavy atom. The van der Waals surface area contributed by atoms with E-state index in [1.807, 2.05) is 19.1 Å². The number of carbonyl (C=O) groups excluding carboxylic acids is 2. The standard InChI is InChI=1S/C25H30FN3O3S/c1-2-13-32-23(30)16-29-12-9-19(27-29)14-18-15-28(11-10-22(18)33)24(25(31)17-7-8-17)20-5-3-4-6-21(20)26/h3-6,9,12,14,17,22,24,33H,2,7-8,10-11,13,15-16H2,1H3. The van der Waals surface area contributed by atoms with Gasteiger partial charge in [-0.05, 0) is 49.5 Å². The highest BCUT2D eigenvalue weighted by Gasteiger charge is 2.40. The molecular formula is C25H30FN3O3S. The van der Waals surface area contributed by atoms with Crippen LogP contribution in [0, 0.1) is 11.7 Å². The van der Waals surface area contributed by atoms with Crippen molar-refractivity contribution in [3.8, 4) is 0 Å². The van der Waals surface area contributed by atoms with Crippen LogP contribution in [0.1, 0.15) is 49.9 Å². The first-order valence-electron chi connectivity index (χ1n) is 11.6. The summed E-state index contributed by atoms with van der Waals surface area (Å²) in [4.78, 5) is 27.1. The van der Waals surface area contributed by atoms with Crippen LogP contribution in [0.4, 0.5) is 4.39 Å². The molecule has 1 aromatic heterocycles. The lowest BCUT2D eigenvalue weighted by molar-refractivity contribution is -0.144. The van der Waals surface area contributed by atoms with Gasteiger partial charge in [-0.25, -0.2) is 4.39 Å². The Kier molecular flexibility index (Phi) is 7.65. The average Bonchev–Trinajstić information content (AvgIpc) is 3.57. The number of aromatic nitrogens is 2. The van der Waals surface area contributed by atoms with E-state index in [4.69, 9.17) is 17.4 Å². The maximum absolute atomic E-state index is 14.7. The molecule has 176 valence electrons. The molecule has 2 fully saturated rings. The number of carbonyl (C=O) groups is 2. The highest BCUT2D eigenvalue weighted by Crippen LogP contribution is 2.39. The van der Waals surface area contributed by atoms with Crippen molar-refractivity contribution < 1.29 is 18.7 Å². The van der Waals surface area contributed by atoms with Crippen LogP contribution in [0.15, 0.2) is 42.1 Å². The van der Waals surface area contributed by atoms with Crippen LogP contribution >= 0.6 is 12.6 Å². The molecule has 0 amide bonds. The Balaban J connectivity index is 1.52. The fraction of sp³-hybridized carbons (Fsp3) is 0.480. The topological polar surface area (TPSA) is 64.4 Å². The maximum atomic E-state index is 14.7. The van der Waals surface area contributed by atoms with Gasteiger partial charge in [0.15, 0.2) is 5.78 Å². The van der Waals surface area contributed by atoms with Gasteiger partial charge in [0, 0.05) is 36.0 Å². The number of likely N-dealkylation sites (tertiary alicyclic amines) is 1. The van der Waals surface area contributed by atoms with Gasteiger partial charge in [-0.2, -0.15) is 17.7 Å². The molecule has 0 bridgehead atoms. The molecule has 8 heteroatoms. The van der Waals surface area contributed by atoms with E-state index >= 15 is 0 Å². The SMILES string of the molecule is CCCOC(=O)Cn1ccc(C=C2CN(C(C(=O)C3CC3)c3ccccc3F)CCC2S)n1. The number of halogens is 1. The first kappa shape index (κ1) is 23.7. The van der Waals surface area contributed by atoms with Crippen LogP contribution < -0.4 is 0 Å². The number of hydrogen-bond acceptors (Lipinski definition) is 6. The number of nitrogens with zero attached hydrogens (tertiary/aromatic N) is 3. The summed E-state index contributed by atoms with van der Waals surface area (Å²) in [6.45, 7) is 3.58. The molecule has 1 aromatic carbocycles. The molecular weight excluding hydrogens is 441 g/mol. The molecule has 1 aliphatic heterocycles. The van der Waals surface area contributed by atoms with Crippen molar-refractivity contribution in [2.45, 2.75) is 50.4 Å². The van der Waals surface area contributed by atoms with Gasteiger partial charge in [-0.3, -0.25) is 19.2 Å². The summed E-state index contributed by atoms with van der Waals surface area (Å²) in [6.07, 6.45) is 6.99. The smallest absolute Gasteiger partial charge is 0.327 e. The minimum absolute atomic E-state index is 0.0261. The van der Waals surface area contributed by atoms with Crippen molar-refractivity contribution in [3.05, 3.63) is 59.2 Å². The Morgan fingerprint density at radius 3 is 2.79 bits per heavy atom. The summed E-state index contributed by atoms with van der Waals surface area (Å²) >= 11 is 4.75. The highest BCUT2D eigenvalue weighted by atomic mass is 32.1. The third-order valence-corrected chi connectivity index (χ3v) is 6.66. The normalized spacial score (nSPS) is 21.2. The zero-order chi connectivity index (χ0) is 23.4. The summed E-state index contributed by atoms with van der Waals surface area (Å²) in [5.74, 6) is -0.532. The van der Waals surface area contributed by atoms with E-state index in [9.17, 15) is 14.0 Å². The van der Waals surface area contributed by atoms with Gasteiger partial charge in [0.2, 0.25) is 0 Å². The van der Waals surface area contributed by atoms with Crippen molar-refractivity contribution in [1.29, 1.82) is 0 Å². The molecule has 2 unspecified atom stereocenters. The van der Waals surface area contributed by atoms with Gasteiger partial charge in [0.25, 0.3) is 0 Å². The first-order valence-corrected chi connectivity index (χ1v) is 12.1. The molecule has 1 aliphatic carbocycles. The van der Waals surface area contributed by atoms with E-state index in [2.05, 4.69) is 10.00 Å². The van der Waals surface area contributed by atoms with Gasteiger partial charge in [-0.1, -0.05) is 25.1 Å². The monoisotopic (exact) mass is 471 g/mol. The minimum Gasteiger partial charge on any atom is -0.464 e. The molecule has 1 saturated heterocycles. The fourth-order valence-electron chi connectivity index (χ4n) is 4.20. The lowest BCUT2D eigenvalue weighted by Crippen LogP contribution is -2.42. The third kappa shape index (κ3) is 5.92. The van der Waals surface area contributed by atoms with Crippen LogP contribution in [0.5, 0.6) is 0 Å². The van der Waals surface area contributed by atoms with E-state index in [1.54, 1.807) is 29.1 Å². The van der Waals surface area contributed by atoms with Gasteiger partial charge in [0.1, 0.15) is 12.4 Å². The summed E-state index contributed by atoms with van der Waals surface area (Å²) in [6, 6.07) is 7.82. The van der Waals surface area contributed by atoms with E-state index in [-0.39, 0.29) is 35.3 Å². The van der Waals surface area contributed by atoms with Gasteiger partial charge >= 0.3 is 5.97 Å². The van der Waals surface area contributed by atoms with E-state index in [0.717, 1.165) is 31.3 Å². The van der Waals surface area contributed by atoms with Crippen molar-refractivity contribution >= 4 is 30.5 Å². The van der Waals surface area contributed by atoms with Crippen LogP contribution in [0.25, 0.3) is 6.08 Å². The molecule has 0 spiro atoms. The number of benzene rings is 1. The molecule has 6 nitrogen and oxygen atoms in total.